The van der Waals surface area contributed by atoms with Crippen molar-refractivity contribution in [1.82, 2.24) is 9.88 Å². The van der Waals surface area contributed by atoms with Crippen LogP contribution in [0.4, 0.5) is 0 Å². The summed E-state index contributed by atoms with van der Waals surface area (Å²) in [4.78, 5) is 18.7. The molecule has 0 saturated heterocycles. The van der Waals surface area contributed by atoms with E-state index in [1.54, 1.807) is 23.2 Å². The summed E-state index contributed by atoms with van der Waals surface area (Å²) < 4.78 is 21.7. The van der Waals surface area contributed by atoms with Crippen molar-refractivity contribution in [2.24, 2.45) is 0 Å². The Morgan fingerprint density at radius 2 is 2.05 bits per heavy atom. The second-order valence-corrected chi connectivity index (χ2v) is 8.01. The SMILES string of the molecule is CCN(CC)C(=O)c1cc(SCCS(=O)(=O)Cl)ccn1. The minimum Gasteiger partial charge on any atom is -0.338 e. The summed E-state index contributed by atoms with van der Waals surface area (Å²) in [6.07, 6.45) is 1.55. The van der Waals surface area contributed by atoms with E-state index in [9.17, 15) is 13.2 Å². The van der Waals surface area contributed by atoms with Gasteiger partial charge in [0.25, 0.3) is 5.91 Å². The monoisotopic (exact) mass is 336 g/mol. The van der Waals surface area contributed by atoms with Crippen molar-refractivity contribution in [2.45, 2.75) is 18.7 Å². The first-order chi connectivity index (χ1) is 9.37. The lowest BCUT2D eigenvalue weighted by Gasteiger charge is -2.18. The summed E-state index contributed by atoms with van der Waals surface area (Å²) in [5.41, 5.74) is 0.368. The maximum absolute atomic E-state index is 12.1. The van der Waals surface area contributed by atoms with E-state index in [1.165, 1.54) is 11.8 Å². The number of carbonyl (C=O) groups excluding carboxylic acids is 1. The molecule has 1 aromatic rings. The molecule has 0 saturated carbocycles. The van der Waals surface area contributed by atoms with Crippen molar-refractivity contribution in [2.75, 3.05) is 24.6 Å². The molecule has 0 aromatic carbocycles. The van der Waals surface area contributed by atoms with Crippen molar-refractivity contribution in [3.63, 3.8) is 0 Å². The van der Waals surface area contributed by atoms with E-state index < -0.39 is 9.05 Å². The van der Waals surface area contributed by atoms with Crippen molar-refractivity contribution >= 4 is 37.4 Å². The first-order valence-electron chi connectivity index (χ1n) is 6.17. The standard InChI is InChI=1S/C12H17ClN2O3S2/c1-3-15(4-2)12(16)11-9-10(5-6-14-11)19-7-8-20(13,17)18/h5-6,9H,3-4,7-8H2,1-2H3. The lowest BCUT2D eigenvalue weighted by Crippen LogP contribution is -2.31. The Hall–Kier alpha value is -0.790. The van der Waals surface area contributed by atoms with Crippen LogP contribution in [-0.4, -0.2) is 48.8 Å². The van der Waals surface area contributed by atoms with Gasteiger partial charge in [-0.25, -0.2) is 8.42 Å². The number of nitrogens with zero attached hydrogens (tertiary/aromatic N) is 2. The molecule has 1 heterocycles. The fraction of sp³-hybridized carbons (Fsp3) is 0.500. The Balaban J connectivity index is 2.73. The van der Waals surface area contributed by atoms with E-state index in [2.05, 4.69) is 4.98 Å². The number of rotatable bonds is 7. The highest BCUT2D eigenvalue weighted by Crippen LogP contribution is 2.19. The van der Waals surface area contributed by atoms with Gasteiger partial charge in [-0.15, -0.1) is 11.8 Å². The van der Waals surface area contributed by atoms with Gasteiger partial charge >= 0.3 is 0 Å². The van der Waals surface area contributed by atoms with Crippen molar-refractivity contribution in [3.8, 4) is 0 Å². The fourth-order valence-corrected chi connectivity index (χ4v) is 3.83. The molecule has 20 heavy (non-hydrogen) atoms. The number of hydrogen-bond acceptors (Lipinski definition) is 5. The Bertz CT molecular complexity index is 560. The number of thioether (sulfide) groups is 1. The smallest absolute Gasteiger partial charge is 0.272 e. The second kappa shape index (κ2) is 7.85. The molecule has 0 bridgehead atoms. The van der Waals surface area contributed by atoms with Crippen LogP contribution >= 0.6 is 22.4 Å². The van der Waals surface area contributed by atoms with E-state index in [4.69, 9.17) is 10.7 Å². The van der Waals surface area contributed by atoms with E-state index in [1.807, 2.05) is 13.8 Å². The molecule has 0 aliphatic carbocycles. The Morgan fingerprint density at radius 3 is 2.60 bits per heavy atom. The Morgan fingerprint density at radius 1 is 1.40 bits per heavy atom. The van der Waals surface area contributed by atoms with Crippen molar-refractivity contribution in [3.05, 3.63) is 24.0 Å². The molecule has 1 aromatic heterocycles. The average molecular weight is 337 g/mol. The summed E-state index contributed by atoms with van der Waals surface area (Å²) in [7, 11) is 1.66. The number of pyridine rings is 1. The third-order valence-corrected chi connectivity index (χ3v) is 5.01. The van der Waals surface area contributed by atoms with Crippen LogP contribution in [0.5, 0.6) is 0 Å². The molecule has 0 radical (unpaired) electrons. The fourth-order valence-electron chi connectivity index (χ4n) is 1.55. The predicted octanol–water partition coefficient (Wildman–Crippen LogP) is 2.22. The lowest BCUT2D eigenvalue weighted by molar-refractivity contribution is 0.0767. The molecular formula is C12H17ClN2O3S2. The average Bonchev–Trinajstić information content (AvgIpc) is 2.39. The number of halogens is 1. The normalized spacial score (nSPS) is 11.3. The first-order valence-corrected chi connectivity index (χ1v) is 9.64. The zero-order valence-electron chi connectivity index (χ0n) is 11.4. The summed E-state index contributed by atoms with van der Waals surface area (Å²) in [6, 6.07) is 3.41. The molecule has 0 fully saturated rings. The van der Waals surface area contributed by atoms with Gasteiger partial charge in [-0.3, -0.25) is 9.78 Å². The molecule has 0 N–H and O–H groups in total. The third-order valence-electron chi connectivity index (χ3n) is 2.60. The molecule has 1 amide bonds. The van der Waals surface area contributed by atoms with Crippen LogP contribution < -0.4 is 0 Å². The number of amides is 1. The predicted molar refractivity (Wildman–Crippen MR) is 81.9 cm³/mol. The largest absolute Gasteiger partial charge is 0.338 e. The quantitative estimate of drug-likeness (QED) is 0.564. The molecule has 0 aliphatic heterocycles. The van der Waals surface area contributed by atoms with E-state index >= 15 is 0 Å². The lowest BCUT2D eigenvalue weighted by atomic mass is 10.3. The molecular weight excluding hydrogens is 320 g/mol. The Labute approximate surface area is 128 Å². The van der Waals surface area contributed by atoms with Crippen LogP contribution in [-0.2, 0) is 9.05 Å². The van der Waals surface area contributed by atoms with Gasteiger partial charge in [-0.2, -0.15) is 0 Å². The van der Waals surface area contributed by atoms with Crippen LogP contribution in [0.2, 0.25) is 0 Å². The van der Waals surface area contributed by atoms with E-state index in [-0.39, 0.29) is 11.7 Å². The molecule has 0 atom stereocenters. The Kier molecular flexibility index (Phi) is 6.78. The summed E-state index contributed by atoms with van der Waals surface area (Å²) in [6.45, 7) is 5.06. The maximum Gasteiger partial charge on any atom is 0.272 e. The van der Waals surface area contributed by atoms with Crippen molar-refractivity contribution in [1.29, 1.82) is 0 Å². The topological polar surface area (TPSA) is 67.3 Å². The van der Waals surface area contributed by atoms with Gasteiger partial charge in [0, 0.05) is 40.6 Å². The molecule has 1 rings (SSSR count). The van der Waals surface area contributed by atoms with E-state index in [0.717, 1.165) is 4.90 Å². The second-order valence-electron chi connectivity index (χ2n) is 3.95. The van der Waals surface area contributed by atoms with Gasteiger partial charge < -0.3 is 4.90 Å². The van der Waals surface area contributed by atoms with Crippen molar-refractivity contribution < 1.29 is 13.2 Å². The highest BCUT2D eigenvalue weighted by molar-refractivity contribution is 8.14. The van der Waals surface area contributed by atoms with Gasteiger partial charge in [0.1, 0.15) is 5.69 Å². The van der Waals surface area contributed by atoms with Gasteiger partial charge in [-0.1, -0.05) is 0 Å². The summed E-state index contributed by atoms with van der Waals surface area (Å²) in [5, 5.41) is 0. The number of carbonyl (C=O) groups is 1. The van der Waals surface area contributed by atoms with Crippen LogP contribution in [0, 0.1) is 0 Å². The number of aromatic nitrogens is 1. The van der Waals surface area contributed by atoms with Crippen LogP contribution in [0.1, 0.15) is 24.3 Å². The third kappa shape index (κ3) is 5.68. The maximum atomic E-state index is 12.1. The van der Waals surface area contributed by atoms with E-state index in [0.29, 0.717) is 24.5 Å². The molecule has 8 heteroatoms. The molecule has 112 valence electrons. The molecule has 5 nitrogen and oxygen atoms in total. The summed E-state index contributed by atoms with van der Waals surface area (Å²) in [5.74, 6) is 0.109. The van der Waals surface area contributed by atoms with Crippen LogP contribution in [0.25, 0.3) is 0 Å². The molecule has 0 spiro atoms. The van der Waals surface area contributed by atoms with Gasteiger partial charge in [-0.05, 0) is 26.0 Å². The number of hydrogen-bond donors (Lipinski definition) is 0. The zero-order chi connectivity index (χ0) is 15.2. The van der Waals surface area contributed by atoms with Crippen LogP contribution in [0.15, 0.2) is 23.2 Å². The molecule has 0 aliphatic rings. The first kappa shape index (κ1) is 17.3. The van der Waals surface area contributed by atoms with Gasteiger partial charge in [0.05, 0.1) is 5.75 Å². The highest BCUT2D eigenvalue weighted by atomic mass is 35.7. The summed E-state index contributed by atoms with van der Waals surface area (Å²) >= 11 is 1.33. The zero-order valence-corrected chi connectivity index (χ0v) is 13.8. The van der Waals surface area contributed by atoms with Gasteiger partial charge in [0.15, 0.2) is 0 Å². The highest BCUT2D eigenvalue weighted by Gasteiger charge is 2.14. The minimum absolute atomic E-state index is 0.110. The van der Waals surface area contributed by atoms with Gasteiger partial charge in [0.2, 0.25) is 9.05 Å². The minimum atomic E-state index is -3.48. The molecule has 0 unspecified atom stereocenters. The van der Waals surface area contributed by atoms with Crippen LogP contribution in [0.3, 0.4) is 0 Å².